The highest BCUT2D eigenvalue weighted by Crippen LogP contribution is 2.40. The fourth-order valence-corrected chi connectivity index (χ4v) is 2.88. The number of rotatable bonds is 5. The molecule has 1 fully saturated rings. The highest BCUT2D eigenvalue weighted by atomic mass is 35.5. The quantitative estimate of drug-likeness (QED) is 0.816. The van der Waals surface area contributed by atoms with Crippen molar-refractivity contribution in [2.45, 2.75) is 78.8 Å². The van der Waals surface area contributed by atoms with Gasteiger partial charge in [0.1, 0.15) is 0 Å². The lowest BCUT2D eigenvalue weighted by Crippen LogP contribution is -2.45. The van der Waals surface area contributed by atoms with Crippen molar-refractivity contribution < 1.29 is 4.79 Å². The molecule has 0 spiro atoms. The number of carbonyl (C=O) groups excluding carboxylic acids is 1. The molecule has 0 aliphatic heterocycles. The topological polar surface area (TPSA) is 55.1 Å². The van der Waals surface area contributed by atoms with E-state index in [0.717, 1.165) is 18.8 Å². The molecule has 0 saturated heterocycles. The van der Waals surface area contributed by atoms with Crippen LogP contribution in [0.1, 0.15) is 66.7 Å². The van der Waals surface area contributed by atoms with E-state index in [1.807, 2.05) is 13.8 Å². The highest BCUT2D eigenvalue weighted by molar-refractivity contribution is 5.85. The van der Waals surface area contributed by atoms with Crippen LogP contribution in [0.3, 0.4) is 0 Å². The molecule has 120 valence electrons. The van der Waals surface area contributed by atoms with Crippen molar-refractivity contribution in [3.05, 3.63) is 0 Å². The maximum Gasteiger partial charge on any atom is 0.224 e. The summed E-state index contributed by atoms with van der Waals surface area (Å²) in [5.74, 6) is 0.828. The van der Waals surface area contributed by atoms with Crippen LogP contribution in [0.5, 0.6) is 0 Å². The van der Waals surface area contributed by atoms with Crippen molar-refractivity contribution in [2.24, 2.45) is 23.0 Å². The molecule has 0 aromatic rings. The Balaban J connectivity index is 0.00000361. The molecule has 1 aliphatic rings. The minimum Gasteiger partial charge on any atom is -0.353 e. The summed E-state index contributed by atoms with van der Waals surface area (Å²) in [4.78, 5) is 12.0. The molecule has 0 heterocycles. The number of hydrogen-bond donors (Lipinski definition) is 2. The molecule has 1 rings (SSSR count). The Labute approximate surface area is 130 Å². The lowest BCUT2D eigenvalue weighted by atomic mass is 9.69. The summed E-state index contributed by atoms with van der Waals surface area (Å²) in [6.45, 7) is 10.8. The van der Waals surface area contributed by atoms with E-state index in [4.69, 9.17) is 5.73 Å². The lowest BCUT2D eigenvalue weighted by Gasteiger charge is -2.39. The summed E-state index contributed by atoms with van der Waals surface area (Å²) in [6, 6.07) is 0.285. The summed E-state index contributed by atoms with van der Waals surface area (Å²) < 4.78 is 0. The maximum atomic E-state index is 12.0. The molecule has 3 nitrogen and oxygen atoms in total. The van der Waals surface area contributed by atoms with Crippen molar-refractivity contribution in [1.82, 2.24) is 5.32 Å². The first kappa shape index (κ1) is 19.7. The molecule has 1 aliphatic carbocycles. The second kappa shape index (κ2) is 8.23. The van der Waals surface area contributed by atoms with Crippen molar-refractivity contribution in [3.8, 4) is 0 Å². The van der Waals surface area contributed by atoms with Crippen LogP contribution >= 0.6 is 12.4 Å². The van der Waals surface area contributed by atoms with E-state index in [1.165, 1.54) is 19.3 Å². The van der Waals surface area contributed by atoms with Crippen LogP contribution < -0.4 is 11.1 Å². The molecular weight excluding hydrogens is 272 g/mol. The number of nitrogens with one attached hydrogen (secondary N) is 1. The van der Waals surface area contributed by atoms with Crippen LogP contribution in [0.25, 0.3) is 0 Å². The van der Waals surface area contributed by atoms with Gasteiger partial charge >= 0.3 is 0 Å². The number of nitrogens with two attached hydrogens (primary N) is 1. The number of halogens is 1. The number of amides is 1. The Morgan fingerprint density at radius 1 is 1.25 bits per heavy atom. The van der Waals surface area contributed by atoms with Crippen molar-refractivity contribution >= 4 is 18.3 Å². The SMILES string of the molecule is CCC(C)(C)C1CCC(NC(=O)C(C)C(C)N)CC1.Cl. The van der Waals surface area contributed by atoms with Crippen molar-refractivity contribution in [2.75, 3.05) is 0 Å². The standard InChI is InChI=1S/C16H32N2O.ClH/c1-6-16(4,5)13-7-9-14(10-8-13)18-15(19)11(2)12(3)17;/h11-14H,6-10,17H2,1-5H3,(H,18,19);1H. The third-order valence-corrected chi connectivity index (χ3v) is 5.29. The molecule has 4 heteroatoms. The van der Waals surface area contributed by atoms with E-state index in [0.29, 0.717) is 11.5 Å². The molecule has 20 heavy (non-hydrogen) atoms. The Bertz CT molecular complexity index is 297. The van der Waals surface area contributed by atoms with Gasteiger partial charge in [-0.1, -0.05) is 34.1 Å². The van der Waals surface area contributed by atoms with Gasteiger partial charge < -0.3 is 11.1 Å². The fourth-order valence-electron chi connectivity index (χ4n) is 2.88. The van der Waals surface area contributed by atoms with E-state index < -0.39 is 0 Å². The van der Waals surface area contributed by atoms with E-state index in [1.54, 1.807) is 0 Å². The summed E-state index contributed by atoms with van der Waals surface area (Å²) >= 11 is 0. The predicted molar refractivity (Wildman–Crippen MR) is 88.0 cm³/mol. The maximum absolute atomic E-state index is 12.0. The average Bonchev–Trinajstić information content (AvgIpc) is 2.38. The second-order valence-electron chi connectivity index (χ2n) is 7.05. The molecule has 1 saturated carbocycles. The minimum atomic E-state index is -0.0928. The van der Waals surface area contributed by atoms with Gasteiger partial charge in [0.25, 0.3) is 0 Å². The minimum absolute atomic E-state index is 0. The normalized spacial score (nSPS) is 26.3. The zero-order chi connectivity index (χ0) is 14.6. The molecule has 0 aromatic carbocycles. The van der Waals surface area contributed by atoms with Crippen LogP contribution in [0.4, 0.5) is 0 Å². The zero-order valence-corrected chi connectivity index (χ0v) is 14.6. The largest absolute Gasteiger partial charge is 0.353 e. The van der Waals surface area contributed by atoms with Gasteiger partial charge in [-0.2, -0.15) is 0 Å². The van der Waals surface area contributed by atoms with Crippen LogP contribution in [0, 0.1) is 17.3 Å². The Morgan fingerprint density at radius 3 is 2.15 bits per heavy atom. The summed E-state index contributed by atoms with van der Waals surface area (Å²) in [5, 5.41) is 3.17. The first-order chi connectivity index (χ1) is 8.77. The number of carbonyl (C=O) groups is 1. The third-order valence-electron chi connectivity index (χ3n) is 5.29. The van der Waals surface area contributed by atoms with Gasteiger partial charge in [0.2, 0.25) is 5.91 Å². The van der Waals surface area contributed by atoms with Gasteiger partial charge in [-0.15, -0.1) is 12.4 Å². The Kier molecular flexibility index (Phi) is 8.12. The van der Waals surface area contributed by atoms with Crippen LogP contribution in [-0.2, 0) is 4.79 Å². The zero-order valence-electron chi connectivity index (χ0n) is 13.7. The fraction of sp³-hybridized carbons (Fsp3) is 0.938. The number of hydrogen-bond acceptors (Lipinski definition) is 2. The lowest BCUT2D eigenvalue weighted by molar-refractivity contribution is -0.126. The Morgan fingerprint density at radius 2 is 1.75 bits per heavy atom. The average molecular weight is 305 g/mol. The van der Waals surface area contributed by atoms with Crippen LogP contribution in [0.2, 0.25) is 0 Å². The van der Waals surface area contributed by atoms with Crippen molar-refractivity contribution in [3.63, 3.8) is 0 Å². The predicted octanol–water partition coefficient (Wildman–Crippen LogP) is 3.50. The molecule has 0 aromatic heterocycles. The van der Waals surface area contributed by atoms with Gasteiger partial charge in [-0.25, -0.2) is 0 Å². The first-order valence-electron chi connectivity index (χ1n) is 7.84. The molecule has 0 bridgehead atoms. The smallest absolute Gasteiger partial charge is 0.224 e. The molecule has 2 unspecified atom stereocenters. The summed E-state index contributed by atoms with van der Waals surface area (Å²) in [7, 11) is 0. The van der Waals surface area contributed by atoms with Gasteiger partial charge in [0.15, 0.2) is 0 Å². The van der Waals surface area contributed by atoms with Gasteiger partial charge in [0.05, 0.1) is 0 Å². The van der Waals surface area contributed by atoms with E-state index >= 15 is 0 Å². The molecular formula is C16H33ClN2O. The second-order valence-corrected chi connectivity index (χ2v) is 7.05. The molecule has 3 N–H and O–H groups in total. The summed E-state index contributed by atoms with van der Waals surface area (Å²) in [5.41, 5.74) is 6.22. The monoisotopic (exact) mass is 304 g/mol. The van der Waals surface area contributed by atoms with Gasteiger partial charge in [-0.3, -0.25) is 4.79 Å². The molecule has 2 atom stereocenters. The highest BCUT2D eigenvalue weighted by Gasteiger charge is 2.32. The molecule has 0 radical (unpaired) electrons. The van der Waals surface area contributed by atoms with Gasteiger partial charge in [0, 0.05) is 18.0 Å². The van der Waals surface area contributed by atoms with E-state index in [2.05, 4.69) is 26.1 Å². The first-order valence-corrected chi connectivity index (χ1v) is 7.84. The van der Waals surface area contributed by atoms with E-state index in [9.17, 15) is 4.79 Å². The Hall–Kier alpha value is -0.280. The van der Waals surface area contributed by atoms with Gasteiger partial charge in [-0.05, 0) is 43.9 Å². The van der Waals surface area contributed by atoms with E-state index in [-0.39, 0.29) is 30.3 Å². The van der Waals surface area contributed by atoms with Crippen LogP contribution in [-0.4, -0.2) is 18.0 Å². The summed E-state index contributed by atoms with van der Waals surface area (Å²) in [6.07, 6.45) is 5.93. The molecule has 1 amide bonds. The van der Waals surface area contributed by atoms with Crippen LogP contribution in [0.15, 0.2) is 0 Å². The third kappa shape index (κ3) is 5.25. The van der Waals surface area contributed by atoms with Crippen molar-refractivity contribution in [1.29, 1.82) is 0 Å².